The van der Waals surface area contributed by atoms with Crippen LogP contribution in [0.15, 0.2) is 58.5 Å². The highest BCUT2D eigenvalue weighted by Gasteiger charge is 2.11. The average Bonchev–Trinajstić information content (AvgIpc) is 2.67. The van der Waals surface area contributed by atoms with E-state index in [4.69, 9.17) is 11.6 Å². The number of hydrogen-bond acceptors (Lipinski definition) is 4. The van der Waals surface area contributed by atoms with Gasteiger partial charge in [0, 0.05) is 23.4 Å². The lowest BCUT2D eigenvalue weighted by atomic mass is 10.1. The molecule has 0 atom stereocenters. The van der Waals surface area contributed by atoms with E-state index < -0.39 is 5.82 Å². The molecule has 1 amide bonds. The molecule has 8 heteroatoms. The number of aryl methyl sites for hydroxylation is 1. The highest BCUT2D eigenvalue weighted by molar-refractivity contribution is 7.99. The van der Waals surface area contributed by atoms with Gasteiger partial charge in [0.1, 0.15) is 5.82 Å². The normalized spacial score (nSPS) is 10.7. The lowest BCUT2D eigenvalue weighted by molar-refractivity contribution is -0.113. The first kappa shape index (κ1) is 20.1. The number of aromatic nitrogens is 2. The molecule has 0 radical (unpaired) electrons. The maximum absolute atomic E-state index is 13.2. The van der Waals surface area contributed by atoms with Crippen molar-refractivity contribution in [3.05, 3.63) is 86.5 Å². The molecule has 2 aromatic carbocycles. The minimum Gasteiger partial charge on any atom is -0.325 e. The van der Waals surface area contributed by atoms with E-state index in [0.717, 1.165) is 17.3 Å². The molecular formula is C20H17ClFN3O2S. The van der Waals surface area contributed by atoms with Gasteiger partial charge >= 0.3 is 0 Å². The minimum atomic E-state index is -0.554. The van der Waals surface area contributed by atoms with Crippen LogP contribution < -0.4 is 10.9 Å². The van der Waals surface area contributed by atoms with Gasteiger partial charge in [-0.25, -0.2) is 9.37 Å². The van der Waals surface area contributed by atoms with Crippen molar-refractivity contribution in [3.8, 4) is 0 Å². The molecule has 3 rings (SSSR count). The summed E-state index contributed by atoms with van der Waals surface area (Å²) in [5.74, 6) is -0.835. The lowest BCUT2D eigenvalue weighted by Crippen LogP contribution is -2.19. The van der Waals surface area contributed by atoms with Gasteiger partial charge in [-0.3, -0.25) is 9.59 Å². The van der Waals surface area contributed by atoms with Crippen LogP contribution in [-0.2, 0) is 11.2 Å². The molecule has 2 N–H and O–H groups in total. The van der Waals surface area contributed by atoms with E-state index in [1.54, 1.807) is 6.92 Å². The zero-order chi connectivity index (χ0) is 20.1. The predicted octanol–water partition coefficient (Wildman–Crippen LogP) is 4.19. The summed E-state index contributed by atoms with van der Waals surface area (Å²) in [6, 6.07) is 13.6. The van der Waals surface area contributed by atoms with E-state index in [0.29, 0.717) is 28.5 Å². The van der Waals surface area contributed by atoms with Gasteiger partial charge in [0.2, 0.25) is 5.91 Å². The number of aromatic amines is 1. The third-order valence-corrected chi connectivity index (χ3v) is 5.13. The van der Waals surface area contributed by atoms with Gasteiger partial charge in [0.15, 0.2) is 5.16 Å². The Morgan fingerprint density at radius 2 is 2.00 bits per heavy atom. The Labute approximate surface area is 170 Å². The molecule has 0 spiro atoms. The van der Waals surface area contributed by atoms with Crippen LogP contribution in [0.3, 0.4) is 0 Å². The van der Waals surface area contributed by atoms with Gasteiger partial charge in [0.25, 0.3) is 5.56 Å². The van der Waals surface area contributed by atoms with Crippen LogP contribution >= 0.6 is 23.4 Å². The molecule has 144 valence electrons. The number of benzene rings is 2. The maximum Gasteiger partial charge on any atom is 0.255 e. The van der Waals surface area contributed by atoms with Gasteiger partial charge in [-0.05, 0) is 30.7 Å². The standard InChI is InChI=1S/C20H17ClFN3O2S/c1-12-15(9-13-5-3-2-4-6-13)19(27)25-20(23-12)28-11-18(26)24-14-7-8-17(22)16(21)10-14/h2-8,10H,9,11H2,1H3,(H,24,26)(H,23,25,27). The van der Waals surface area contributed by atoms with Crippen molar-refractivity contribution < 1.29 is 9.18 Å². The van der Waals surface area contributed by atoms with E-state index in [2.05, 4.69) is 15.3 Å². The summed E-state index contributed by atoms with van der Waals surface area (Å²) in [4.78, 5) is 31.6. The second kappa shape index (κ2) is 9.03. The van der Waals surface area contributed by atoms with Crippen molar-refractivity contribution in [2.75, 3.05) is 11.1 Å². The Hall–Kier alpha value is -2.64. The minimum absolute atomic E-state index is 0.0371. The third kappa shape index (κ3) is 5.21. The summed E-state index contributed by atoms with van der Waals surface area (Å²) in [5, 5.41) is 2.92. The molecule has 0 aliphatic heterocycles. The summed E-state index contributed by atoms with van der Waals surface area (Å²) >= 11 is 6.81. The van der Waals surface area contributed by atoms with Gasteiger partial charge in [-0.15, -0.1) is 0 Å². The Balaban J connectivity index is 1.63. The van der Waals surface area contributed by atoms with Crippen molar-refractivity contribution >= 4 is 35.0 Å². The summed E-state index contributed by atoms with van der Waals surface area (Å²) in [7, 11) is 0. The first-order valence-corrected chi connectivity index (χ1v) is 9.80. The molecule has 1 aromatic heterocycles. The highest BCUT2D eigenvalue weighted by Crippen LogP contribution is 2.20. The number of anilines is 1. The van der Waals surface area contributed by atoms with Crippen LogP contribution in [0.4, 0.5) is 10.1 Å². The van der Waals surface area contributed by atoms with E-state index in [1.165, 1.54) is 18.2 Å². The summed E-state index contributed by atoms with van der Waals surface area (Å²) in [6.07, 6.45) is 0.492. The van der Waals surface area contributed by atoms with Crippen molar-refractivity contribution in [2.45, 2.75) is 18.5 Å². The number of carbonyl (C=O) groups excluding carboxylic acids is 1. The van der Waals surface area contributed by atoms with Gasteiger partial charge in [-0.2, -0.15) is 0 Å². The number of carbonyl (C=O) groups is 1. The van der Waals surface area contributed by atoms with Crippen LogP contribution in [0.25, 0.3) is 0 Å². The zero-order valence-corrected chi connectivity index (χ0v) is 16.5. The second-order valence-electron chi connectivity index (χ2n) is 6.06. The number of nitrogens with one attached hydrogen (secondary N) is 2. The molecule has 0 unspecified atom stereocenters. The first-order chi connectivity index (χ1) is 13.4. The number of rotatable bonds is 6. The van der Waals surface area contributed by atoms with Crippen LogP contribution in [0.2, 0.25) is 5.02 Å². The average molecular weight is 418 g/mol. The van der Waals surface area contributed by atoms with Gasteiger partial charge in [-0.1, -0.05) is 53.7 Å². The van der Waals surface area contributed by atoms with Crippen LogP contribution in [0.1, 0.15) is 16.8 Å². The molecular weight excluding hydrogens is 401 g/mol. The summed E-state index contributed by atoms with van der Waals surface area (Å²) in [5.41, 5.74) is 2.43. The largest absolute Gasteiger partial charge is 0.325 e. The molecule has 5 nitrogen and oxygen atoms in total. The Kier molecular flexibility index (Phi) is 6.49. The predicted molar refractivity (Wildman–Crippen MR) is 110 cm³/mol. The molecule has 28 heavy (non-hydrogen) atoms. The molecule has 0 aliphatic carbocycles. The molecule has 0 aliphatic rings. The van der Waals surface area contributed by atoms with E-state index >= 15 is 0 Å². The quantitative estimate of drug-likeness (QED) is 0.465. The van der Waals surface area contributed by atoms with Crippen molar-refractivity contribution in [3.63, 3.8) is 0 Å². The van der Waals surface area contributed by atoms with Gasteiger partial charge in [0.05, 0.1) is 10.8 Å². The molecule has 0 saturated carbocycles. The highest BCUT2D eigenvalue weighted by atomic mass is 35.5. The van der Waals surface area contributed by atoms with Crippen LogP contribution in [-0.4, -0.2) is 21.6 Å². The number of halogens is 2. The fourth-order valence-corrected chi connectivity index (χ4v) is 3.45. The number of amides is 1. The lowest BCUT2D eigenvalue weighted by Gasteiger charge is -2.08. The third-order valence-electron chi connectivity index (χ3n) is 3.97. The Bertz CT molecular complexity index is 1060. The Morgan fingerprint density at radius 1 is 1.25 bits per heavy atom. The topological polar surface area (TPSA) is 74.8 Å². The van der Waals surface area contributed by atoms with Crippen molar-refractivity contribution in [2.24, 2.45) is 0 Å². The van der Waals surface area contributed by atoms with Gasteiger partial charge < -0.3 is 10.3 Å². The first-order valence-electron chi connectivity index (χ1n) is 8.44. The molecule has 3 aromatic rings. The fraction of sp³-hybridized carbons (Fsp3) is 0.150. The summed E-state index contributed by atoms with van der Waals surface area (Å²) in [6.45, 7) is 1.78. The number of H-pyrrole nitrogens is 1. The fourth-order valence-electron chi connectivity index (χ4n) is 2.57. The summed E-state index contributed by atoms with van der Waals surface area (Å²) < 4.78 is 13.2. The Morgan fingerprint density at radius 3 is 2.68 bits per heavy atom. The number of thioether (sulfide) groups is 1. The SMILES string of the molecule is Cc1nc(SCC(=O)Nc2ccc(F)c(Cl)c2)[nH]c(=O)c1Cc1ccccc1. The number of nitrogens with zero attached hydrogens (tertiary/aromatic N) is 1. The van der Waals surface area contributed by atoms with Crippen LogP contribution in [0, 0.1) is 12.7 Å². The maximum atomic E-state index is 13.2. The second-order valence-corrected chi connectivity index (χ2v) is 7.43. The van der Waals surface area contributed by atoms with E-state index in [1.807, 2.05) is 30.3 Å². The van der Waals surface area contributed by atoms with Crippen molar-refractivity contribution in [1.82, 2.24) is 9.97 Å². The number of hydrogen-bond donors (Lipinski definition) is 2. The van der Waals surface area contributed by atoms with Crippen LogP contribution in [0.5, 0.6) is 0 Å². The molecule has 0 bridgehead atoms. The van der Waals surface area contributed by atoms with E-state index in [-0.39, 0.29) is 22.2 Å². The molecule has 0 saturated heterocycles. The monoisotopic (exact) mass is 417 g/mol. The molecule has 0 fully saturated rings. The van der Waals surface area contributed by atoms with Crippen molar-refractivity contribution in [1.29, 1.82) is 0 Å². The smallest absolute Gasteiger partial charge is 0.255 e. The zero-order valence-electron chi connectivity index (χ0n) is 15.0. The molecule has 1 heterocycles. The van der Waals surface area contributed by atoms with E-state index in [9.17, 15) is 14.0 Å².